The fourth-order valence-corrected chi connectivity index (χ4v) is 3.18. The van der Waals surface area contributed by atoms with E-state index in [9.17, 15) is 9.90 Å². The molecule has 0 amide bonds. The fraction of sp³-hybridized carbons (Fsp3) is 0.250. The summed E-state index contributed by atoms with van der Waals surface area (Å²) in [5, 5.41) is 11.0. The average molecular weight is 342 g/mol. The van der Waals surface area contributed by atoms with E-state index in [1.54, 1.807) is 12.1 Å². The first-order chi connectivity index (χ1) is 11.6. The summed E-state index contributed by atoms with van der Waals surface area (Å²) in [7, 11) is 0. The van der Waals surface area contributed by atoms with Crippen molar-refractivity contribution < 1.29 is 9.90 Å². The second kappa shape index (κ2) is 7.10. The molecule has 0 saturated carbocycles. The third kappa shape index (κ3) is 3.46. The van der Waals surface area contributed by atoms with Gasteiger partial charge in [0.1, 0.15) is 0 Å². The molecule has 0 bridgehead atoms. The molecule has 1 aromatic heterocycles. The van der Waals surface area contributed by atoms with Gasteiger partial charge in [-0.25, -0.2) is 4.79 Å². The number of nitrogens with zero attached hydrogens (tertiary/aromatic N) is 1. The summed E-state index contributed by atoms with van der Waals surface area (Å²) >= 11 is 5.92. The van der Waals surface area contributed by atoms with Crippen LogP contribution in [0, 0.1) is 0 Å². The quantitative estimate of drug-likeness (QED) is 0.653. The van der Waals surface area contributed by atoms with Crippen LogP contribution in [0.3, 0.4) is 0 Å². The molecular formula is C20H20ClNO2. The van der Waals surface area contributed by atoms with Gasteiger partial charge >= 0.3 is 5.97 Å². The molecule has 0 saturated heterocycles. The Kier molecular flexibility index (Phi) is 4.91. The summed E-state index contributed by atoms with van der Waals surface area (Å²) in [5.41, 5.74) is 3.36. The molecular weight excluding hydrogens is 322 g/mol. The molecule has 0 aliphatic rings. The second-order valence-corrected chi connectivity index (χ2v) is 6.48. The first-order valence-corrected chi connectivity index (χ1v) is 8.56. The van der Waals surface area contributed by atoms with Crippen molar-refractivity contribution in [1.29, 1.82) is 0 Å². The van der Waals surface area contributed by atoms with Gasteiger partial charge in [-0.3, -0.25) is 0 Å². The van der Waals surface area contributed by atoms with E-state index >= 15 is 0 Å². The Labute approximate surface area is 146 Å². The summed E-state index contributed by atoms with van der Waals surface area (Å²) in [6.45, 7) is 3.22. The lowest BCUT2D eigenvalue weighted by molar-refractivity contribution is 0.0696. The largest absolute Gasteiger partial charge is 0.478 e. The van der Waals surface area contributed by atoms with Gasteiger partial charge in [-0.1, -0.05) is 37.1 Å². The van der Waals surface area contributed by atoms with Crippen LogP contribution < -0.4 is 0 Å². The summed E-state index contributed by atoms with van der Waals surface area (Å²) in [6.07, 6.45) is 5.04. The number of hydrogen-bond donors (Lipinski definition) is 1. The van der Waals surface area contributed by atoms with Crippen LogP contribution in [-0.2, 0) is 13.0 Å². The van der Waals surface area contributed by atoms with Crippen LogP contribution in [0.15, 0.2) is 48.7 Å². The molecule has 0 radical (unpaired) electrons. The predicted octanol–water partition coefficient (Wildman–Crippen LogP) is 5.38. The highest BCUT2D eigenvalue weighted by Gasteiger charge is 2.12. The molecule has 1 N–H and O–H groups in total. The molecule has 3 nitrogen and oxygen atoms in total. The van der Waals surface area contributed by atoms with Crippen molar-refractivity contribution in [3.8, 4) is 0 Å². The topological polar surface area (TPSA) is 42.2 Å². The number of carbonyl (C=O) groups is 1. The number of halogens is 1. The number of hydrogen-bond acceptors (Lipinski definition) is 1. The van der Waals surface area contributed by atoms with Gasteiger partial charge in [-0.15, -0.1) is 0 Å². The molecule has 3 aromatic rings. The van der Waals surface area contributed by atoms with Crippen molar-refractivity contribution >= 4 is 28.5 Å². The van der Waals surface area contributed by atoms with E-state index in [-0.39, 0.29) is 5.56 Å². The van der Waals surface area contributed by atoms with E-state index in [4.69, 9.17) is 11.6 Å². The Bertz CT molecular complexity index is 882. The van der Waals surface area contributed by atoms with Crippen LogP contribution >= 0.6 is 11.6 Å². The maximum Gasteiger partial charge on any atom is 0.336 e. The van der Waals surface area contributed by atoms with Crippen LogP contribution in [-0.4, -0.2) is 15.6 Å². The van der Waals surface area contributed by atoms with Gasteiger partial charge in [0, 0.05) is 23.3 Å². The fourth-order valence-electron chi connectivity index (χ4n) is 3.00. The molecule has 4 heteroatoms. The smallest absolute Gasteiger partial charge is 0.336 e. The number of benzene rings is 2. The molecule has 0 unspecified atom stereocenters. The zero-order valence-electron chi connectivity index (χ0n) is 13.6. The van der Waals surface area contributed by atoms with E-state index in [0.29, 0.717) is 11.4 Å². The maximum atomic E-state index is 11.4. The van der Waals surface area contributed by atoms with E-state index in [2.05, 4.69) is 42.0 Å². The SMILES string of the molecule is CCCCn1ccc2cc(Cc3ccc(Cl)cc3C(=O)O)ccc21. The number of carboxylic acid groups (broad SMARTS) is 1. The normalized spacial score (nSPS) is 11.1. The van der Waals surface area contributed by atoms with Gasteiger partial charge in [-0.05, 0) is 59.7 Å². The van der Waals surface area contributed by atoms with Gasteiger partial charge in [-0.2, -0.15) is 0 Å². The third-order valence-corrected chi connectivity index (χ3v) is 4.52. The standard InChI is InChI=1S/C20H20ClNO2/c1-2-3-9-22-10-8-16-12-14(4-7-19(16)22)11-15-5-6-17(21)13-18(15)20(23)24/h4-8,10,12-13H,2-3,9,11H2,1H3,(H,23,24). The van der Waals surface area contributed by atoms with Crippen molar-refractivity contribution in [2.75, 3.05) is 0 Å². The lowest BCUT2D eigenvalue weighted by Gasteiger charge is -2.08. The van der Waals surface area contributed by atoms with Gasteiger partial charge in [0.15, 0.2) is 0 Å². The lowest BCUT2D eigenvalue weighted by atomic mass is 9.99. The number of unbranched alkanes of at least 4 members (excludes halogenated alkanes) is 1. The molecule has 0 atom stereocenters. The maximum absolute atomic E-state index is 11.4. The molecule has 24 heavy (non-hydrogen) atoms. The van der Waals surface area contributed by atoms with Gasteiger partial charge in [0.2, 0.25) is 0 Å². The molecule has 0 aliphatic heterocycles. The minimum atomic E-state index is -0.945. The first kappa shape index (κ1) is 16.6. The Morgan fingerprint density at radius 3 is 2.75 bits per heavy atom. The van der Waals surface area contributed by atoms with E-state index in [1.165, 1.54) is 23.4 Å². The highest BCUT2D eigenvalue weighted by molar-refractivity contribution is 6.31. The van der Waals surface area contributed by atoms with E-state index in [0.717, 1.165) is 24.1 Å². The number of aromatic carboxylic acids is 1. The number of carboxylic acids is 1. The molecule has 2 aromatic carbocycles. The first-order valence-electron chi connectivity index (χ1n) is 8.18. The van der Waals surface area contributed by atoms with Crippen molar-refractivity contribution in [3.05, 3.63) is 70.4 Å². The summed E-state index contributed by atoms with van der Waals surface area (Å²) in [5.74, 6) is -0.945. The van der Waals surface area contributed by atoms with Crippen LogP contribution in [0.1, 0.15) is 41.3 Å². The number of rotatable bonds is 6. The molecule has 0 fully saturated rings. The highest BCUT2D eigenvalue weighted by Crippen LogP contribution is 2.23. The zero-order valence-corrected chi connectivity index (χ0v) is 14.4. The van der Waals surface area contributed by atoms with Gasteiger partial charge in [0.05, 0.1) is 5.56 Å². The Morgan fingerprint density at radius 1 is 1.17 bits per heavy atom. The van der Waals surface area contributed by atoms with Crippen LogP contribution in [0.2, 0.25) is 5.02 Å². The van der Waals surface area contributed by atoms with Crippen molar-refractivity contribution in [2.45, 2.75) is 32.7 Å². The van der Waals surface area contributed by atoms with Gasteiger partial charge in [0.25, 0.3) is 0 Å². The number of aryl methyl sites for hydroxylation is 1. The zero-order chi connectivity index (χ0) is 17.1. The van der Waals surface area contributed by atoms with Crippen LogP contribution in [0.25, 0.3) is 10.9 Å². The third-order valence-electron chi connectivity index (χ3n) is 4.28. The number of fused-ring (bicyclic) bond motifs is 1. The van der Waals surface area contributed by atoms with Crippen LogP contribution in [0.5, 0.6) is 0 Å². The van der Waals surface area contributed by atoms with E-state index in [1.807, 2.05) is 0 Å². The Balaban J connectivity index is 1.90. The lowest BCUT2D eigenvalue weighted by Crippen LogP contribution is -2.03. The van der Waals surface area contributed by atoms with Crippen molar-refractivity contribution in [1.82, 2.24) is 4.57 Å². The van der Waals surface area contributed by atoms with Crippen LogP contribution in [0.4, 0.5) is 0 Å². The summed E-state index contributed by atoms with van der Waals surface area (Å²) in [6, 6.07) is 13.5. The molecule has 3 rings (SSSR count). The van der Waals surface area contributed by atoms with Gasteiger partial charge < -0.3 is 9.67 Å². The van der Waals surface area contributed by atoms with Crippen molar-refractivity contribution in [2.24, 2.45) is 0 Å². The van der Waals surface area contributed by atoms with Crippen molar-refractivity contribution in [3.63, 3.8) is 0 Å². The highest BCUT2D eigenvalue weighted by atomic mass is 35.5. The monoisotopic (exact) mass is 341 g/mol. The summed E-state index contributed by atoms with van der Waals surface area (Å²) < 4.78 is 2.27. The van der Waals surface area contributed by atoms with E-state index < -0.39 is 5.97 Å². The molecule has 1 heterocycles. The second-order valence-electron chi connectivity index (χ2n) is 6.04. The average Bonchev–Trinajstić information content (AvgIpc) is 2.96. The Hall–Kier alpha value is -2.26. The molecule has 0 spiro atoms. The Morgan fingerprint density at radius 2 is 2.00 bits per heavy atom. The molecule has 0 aliphatic carbocycles. The molecule has 124 valence electrons. The minimum absolute atomic E-state index is 0.267. The predicted molar refractivity (Wildman–Crippen MR) is 98.1 cm³/mol. The minimum Gasteiger partial charge on any atom is -0.478 e. The number of aromatic nitrogens is 1. The summed E-state index contributed by atoms with van der Waals surface area (Å²) in [4.78, 5) is 11.4.